The molecule has 2 rings (SSSR count). The molecule has 1 aliphatic carbocycles. The molecule has 1 aromatic rings. The van der Waals surface area contributed by atoms with Gasteiger partial charge in [0.25, 0.3) is 5.91 Å². The molecule has 1 N–H and O–H groups in total. The first-order chi connectivity index (χ1) is 11.8. The van der Waals surface area contributed by atoms with Crippen molar-refractivity contribution in [2.75, 3.05) is 11.9 Å². The van der Waals surface area contributed by atoms with E-state index in [1.54, 1.807) is 0 Å². The van der Waals surface area contributed by atoms with Crippen LogP contribution in [0.25, 0.3) is 0 Å². The highest BCUT2D eigenvalue weighted by molar-refractivity contribution is 5.97. The van der Waals surface area contributed by atoms with Crippen LogP contribution in [0.3, 0.4) is 0 Å². The van der Waals surface area contributed by atoms with E-state index >= 15 is 0 Å². The number of hydrogen-bond donors (Lipinski definition) is 1. The maximum Gasteiger partial charge on any atom is 0.256 e. The topological polar surface area (TPSA) is 47.6 Å². The quantitative estimate of drug-likeness (QED) is 0.683. The fourth-order valence-corrected chi connectivity index (χ4v) is 3.07. The van der Waals surface area contributed by atoms with Crippen molar-refractivity contribution in [3.05, 3.63) is 23.3 Å². The Hall–Kier alpha value is -1.55. The molecular formula is C21H33NO3. The van der Waals surface area contributed by atoms with E-state index in [2.05, 4.69) is 26.1 Å². The lowest BCUT2D eigenvalue weighted by Gasteiger charge is -2.29. The third-order valence-electron chi connectivity index (χ3n) is 5.03. The summed E-state index contributed by atoms with van der Waals surface area (Å²) in [5.74, 6) is 1.20. The lowest BCUT2D eigenvalue weighted by Crippen LogP contribution is -2.45. The Morgan fingerprint density at radius 2 is 1.88 bits per heavy atom. The van der Waals surface area contributed by atoms with Crippen molar-refractivity contribution in [1.82, 2.24) is 0 Å². The van der Waals surface area contributed by atoms with Crippen molar-refractivity contribution < 1.29 is 14.3 Å². The molecule has 1 aromatic carbocycles. The molecule has 4 nitrogen and oxygen atoms in total. The second-order valence-electron chi connectivity index (χ2n) is 7.46. The van der Waals surface area contributed by atoms with Crippen LogP contribution >= 0.6 is 0 Å². The molecule has 0 heterocycles. The van der Waals surface area contributed by atoms with Gasteiger partial charge >= 0.3 is 0 Å². The van der Waals surface area contributed by atoms with E-state index < -0.39 is 5.60 Å². The van der Waals surface area contributed by atoms with Gasteiger partial charge in [-0.1, -0.05) is 13.8 Å². The Balaban J connectivity index is 2.15. The molecule has 1 amide bonds. The maximum absolute atomic E-state index is 12.9. The number of benzene rings is 1. The monoisotopic (exact) mass is 347 g/mol. The predicted molar refractivity (Wildman–Crippen MR) is 102 cm³/mol. The van der Waals surface area contributed by atoms with Crippen molar-refractivity contribution in [2.45, 2.75) is 78.9 Å². The predicted octanol–water partition coefficient (Wildman–Crippen LogP) is 5.01. The number of carbonyl (C=O) groups excluding carboxylic acids is 1. The molecule has 1 fully saturated rings. The van der Waals surface area contributed by atoms with Gasteiger partial charge in [-0.05, 0) is 82.6 Å². The Labute approximate surface area is 152 Å². The number of anilines is 1. The Kier molecular flexibility index (Phi) is 6.50. The van der Waals surface area contributed by atoms with Gasteiger partial charge in [-0.15, -0.1) is 0 Å². The molecule has 140 valence electrons. The van der Waals surface area contributed by atoms with Crippen LogP contribution < -0.4 is 10.1 Å². The van der Waals surface area contributed by atoms with E-state index in [9.17, 15) is 4.79 Å². The average Bonchev–Trinajstić information content (AvgIpc) is 3.41. The van der Waals surface area contributed by atoms with Gasteiger partial charge in [0.05, 0.1) is 6.10 Å². The average molecular weight is 347 g/mol. The standard InChI is InChI=1S/C21H33NO3/c1-7-11-24-21(6,17-9-10-17)20(23)22-18-12-14(3)19(15(4)13-18)25-16(5)8-2/h12-13,16-17H,7-11H2,1-6H3,(H,22,23)/t16-,21-/m0/s1. The van der Waals surface area contributed by atoms with Crippen molar-refractivity contribution in [3.8, 4) is 5.75 Å². The zero-order valence-electron chi connectivity index (χ0n) is 16.6. The maximum atomic E-state index is 12.9. The minimum atomic E-state index is -0.732. The van der Waals surface area contributed by atoms with Crippen molar-refractivity contribution in [1.29, 1.82) is 0 Å². The Morgan fingerprint density at radius 1 is 1.28 bits per heavy atom. The molecule has 2 atom stereocenters. The molecule has 0 radical (unpaired) electrons. The SMILES string of the molecule is CCCO[C@](C)(C(=O)Nc1cc(C)c(O[C@@H](C)CC)c(C)c1)C1CC1. The van der Waals surface area contributed by atoms with E-state index in [1.807, 2.05) is 32.9 Å². The van der Waals surface area contributed by atoms with Crippen molar-refractivity contribution in [2.24, 2.45) is 5.92 Å². The molecule has 0 aliphatic heterocycles. The highest BCUT2D eigenvalue weighted by atomic mass is 16.5. The normalized spacial score (nSPS) is 17.7. The molecule has 1 saturated carbocycles. The molecule has 0 spiro atoms. The number of rotatable bonds is 9. The second-order valence-corrected chi connectivity index (χ2v) is 7.46. The molecule has 1 aliphatic rings. The van der Waals surface area contributed by atoms with E-state index in [-0.39, 0.29) is 12.0 Å². The summed E-state index contributed by atoms with van der Waals surface area (Å²) in [7, 11) is 0. The van der Waals surface area contributed by atoms with Gasteiger partial charge in [0.1, 0.15) is 11.4 Å². The first-order valence-electron chi connectivity index (χ1n) is 9.55. The summed E-state index contributed by atoms with van der Waals surface area (Å²) in [5.41, 5.74) is 2.16. The lowest BCUT2D eigenvalue weighted by molar-refractivity contribution is -0.142. The van der Waals surface area contributed by atoms with Gasteiger partial charge < -0.3 is 14.8 Å². The zero-order chi connectivity index (χ0) is 18.6. The second kappa shape index (κ2) is 8.22. The fourth-order valence-electron chi connectivity index (χ4n) is 3.07. The van der Waals surface area contributed by atoms with Crippen LogP contribution in [0.1, 0.15) is 64.5 Å². The lowest BCUT2D eigenvalue weighted by atomic mass is 9.98. The molecule has 0 saturated heterocycles. The number of hydrogen-bond acceptors (Lipinski definition) is 3. The van der Waals surface area contributed by atoms with Crippen LogP contribution in [-0.2, 0) is 9.53 Å². The molecule has 25 heavy (non-hydrogen) atoms. The van der Waals surface area contributed by atoms with Crippen LogP contribution in [0.4, 0.5) is 5.69 Å². The number of ether oxygens (including phenoxy) is 2. The summed E-state index contributed by atoms with van der Waals surface area (Å²) in [5, 5.41) is 3.07. The molecule has 0 aromatic heterocycles. The van der Waals surface area contributed by atoms with Gasteiger partial charge in [0.2, 0.25) is 0 Å². The number of amides is 1. The van der Waals surface area contributed by atoms with Gasteiger partial charge in [0.15, 0.2) is 0 Å². The van der Waals surface area contributed by atoms with Crippen LogP contribution in [-0.4, -0.2) is 24.2 Å². The summed E-state index contributed by atoms with van der Waals surface area (Å²) < 4.78 is 12.0. The van der Waals surface area contributed by atoms with Gasteiger partial charge in [-0.25, -0.2) is 0 Å². The van der Waals surface area contributed by atoms with E-state index in [0.29, 0.717) is 12.5 Å². The van der Waals surface area contributed by atoms with Gasteiger partial charge in [-0.2, -0.15) is 0 Å². The van der Waals surface area contributed by atoms with Crippen molar-refractivity contribution in [3.63, 3.8) is 0 Å². The number of carbonyl (C=O) groups is 1. The third kappa shape index (κ3) is 4.75. The van der Waals surface area contributed by atoms with Crippen molar-refractivity contribution >= 4 is 11.6 Å². The van der Waals surface area contributed by atoms with E-state index in [1.165, 1.54) is 0 Å². The first-order valence-corrected chi connectivity index (χ1v) is 9.55. The minimum Gasteiger partial charge on any atom is -0.490 e. The summed E-state index contributed by atoms with van der Waals surface area (Å²) >= 11 is 0. The third-order valence-corrected chi connectivity index (χ3v) is 5.03. The van der Waals surface area contributed by atoms with Crippen LogP contribution in [0.5, 0.6) is 5.75 Å². The van der Waals surface area contributed by atoms with E-state index in [4.69, 9.17) is 9.47 Å². The zero-order valence-corrected chi connectivity index (χ0v) is 16.6. The van der Waals surface area contributed by atoms with Gasteiger partial charge in [-0.3, -0.25) is 4.79 Å². The largest absolute Gasteiger partial charge is 0.490 e. The number of aryl methyl sites for hydroxylation is 2. The summed E-state index contributed by atoms with van der Waals surface area (Å²) in [6, 6.07) is 3.96. The van der Waals surface area contributed by atoms with Gasteiger partial charge in [0, 0.05) is 12.3 Å². The molecular weight excluding hydrogens is 314 g/mol. The molecule has 0 bridgehead atoms. The summed E-state index contributed by atoms with van der Waals surface area (Å²) in [6.45, 7) is 12.8. The smallest absolute Gasteiger partial charge is 0.256 e. The first kappa shape index (κ1) is 19.8. The highest BCUT2D eigenvalue weighted by Crippen LogP contribution is 2.42. The summed E-state index contributed by atoms with van der Waals surface area (Å²) in [6.07, 6.45) is 4.18. The summed E-state index contributed by atoms with van der Waals surface area (Å²) in [4.78, 5) is 12.9. The molecule has 0 unspecified atom stereocenters. The molecule has 4 heteroatoms. The van der Waals surface area contributed by atoms with Crippen LogP contribution in [0.2, 0.25) is 0 Å². The Bertz CT molecular complexity index is 586. The fraction of sp³-hybridized carbons (Fsp3) is 0.667. The minimum absolute atomic E-state index is 0.0437. The van der Waals surface area contributed by atoms with E-state index in [0.717, 1.165) is 48.2 Å². The Morgan fingerprint density at radius 3 is 2.36 bits per heavy atom. The number of nitrogens with one attached hydrogen (secondary N) is 1. The van der Waals surface area contributed by atoms with Crippen LogP contribution in [0, 0.1) is 19.8 Å². The van der Waals surface area contributed by atoms with Crippen LogP contribution in [0.15, 0.2) is 12.1 Å². The highest BCUT2D eigenvalue weighted by Gasteiger charge is 2.48.